The third-order valence-corrected chi connectivity index (χ3v) is 2.18. The van der Waals surface area contributed by atoms with Crippen LogP contribution in [-0.2, 0) is 9.53 Å². The Hall–Kier alpha value is -0.790. The van der Waals surface area contributed by atoms with E-state index in [9.17, 15) is 4.79 Å². The van der Waals surface area contributed by atoms with E-state index in [0.29, 0.717) is 0 Å². The number of rotatable bonds is 4. The highest BCUT2D eigenvalue weighted by Crippen LogP contribution is 2.20. The summed E-state index contributed by atoms with van der Waals surface area (Å²) < 4.78 is 5.09. The Morgan fingerprint density at radius 1 is 1.50 bits per heavy atom. The third-order valence-electron chi connectivity index (χ3n) is 2.18. The van der Waals surface area contributed by atoms with Crippen molar-refractivity contribution in [1.82, 2.24) is 0 Å². The van der Waals surface area contributed by atoms with Gasteiger partial charge < -0.3 is 4.74 Å². The monoisotopic (exact) mass is 168 g/mol. The average molecular weight is 168 g/mol. The van der Waals surface area contributed by atoms with Gasteiger partial charge in [-0.3, -0.25) is 0 Å². The summed E-state index contributed by atoms with van der Waals surface area (Å²) >= 11 is 0. The Labute approximate surface area is 73.6 Å². The Kier molecular flexibility index (Phi) is 3.32. The molecular weight excluding hydrogens is 152 g/mol. The van der Waals surface area contributed by atoms with Crippen LogP contribution in [0.4, 0.5) is 0 Å². The number of carbonyl (C=O) groups excluding carboxylic acids is 1. The van der Waals surface area contributed by atoms with Gasteiger partial charge in [-0.05, 0) is 25.3 Å². The number of ether oxygens (including phenoxy) is 1. The van der Waals surface area contributed by atoms with Gasteiger partial charge in [0.1, 0.15) is 6.10 Å². The molecule has 0 saturated heterocycles. The second-order valence-electron chi connectivity index (χ2n) is 3.31. The summed E-state index contributed by atoms with van der Waals surface area (Å²) in [5.74, 6) is -0.172. The highest BCUT2D eigenvalue weighted by molar-refractivity contribution is 5.85. The quantitative estimate of drug-likeness (QED) is 0.476. The summed E-state index contributed by atoms with van der Waals surface area (Å²) in [5.41, 5.74) is 1.08. The molecule has 0 spiro atoms. The fourth-order valence-corrected chi connectivity index (χ4v) is 1.41. The summed E-state index contributed by atoms with van der Waals surface area (Å²) in [6.45, 7) is 4.13. The van der Waals surface area contributed by atoms with Crippen molar-refractivity contribution in [3.8, 4) is 0 Å². The van der Waals surface area contributed by atoms with E-state index in [1.54, 1.807) is 6.08 Å². The predicted octanol–water partition coefficient (Wildman–Crippen LogP) is 2.44. The lowest BCUT2D eigenvalue weighted by molar-refractivity contribution is -0.139. The molecule has 0 aromatic carbocycles. The summed E-state index contributed by atoms with van der Waals surface area (Å²) in [5, 5.41) is 0. The minimum atomic E-state index is -0.172. The van der Waals surface area contributed by atoms with Crippen LogP contribution < -0.4 is 0 Å². The van der Waals surface area contributed by atoms with Gasteiger partial charge in [0.2, 0.25) is 0 Å². The molecule has 0 N–H and O–H groups in total. The van der Waals surface area contributed by atoms with E-state index in [1.807, 2.05) is 6.92 Å². The van der Waals surface area contributed by atoms with Gasteiger partial charge in [0, 0.05) is 6.08 Å². The first-order valence-corrected chi connectivity index (χ1v) is 4.63. The topological polar surface area (TPSA) is 26.3 Å². The number of unbranched alkanes of at least 4 members (excludes halogenated alkanes) is 2. The van der Waals surface area contributed by atoms with Gasteiger partial charge in [-0.1, -0.05) is 19.8 Å². The van der Waals surface area contributed by atoms with Crippen molar-refractivity contribution in [2.24, 2.45) is 0 Å². The van der Waals surface area contributed by atoms with Crippen molar-refractivity contribution < 1.29 is 9.53 Å². The number of hydrogen-bond donors (Lipinski definition) is 0. The predicted molar refractivity (Wildman–Crippen MR) is 47.8 cm³/mol. The highest BCUT2D eigenvalue weighted by Gasteiger charge is 2.21. The lowest BCUT2D eigenvalue weighted by Crippen LogP contribution is -2.10. The maximum atomic E-state index is 10.8. The maximum Gasteiger partial charge on any atom is 0.331 e. The standard InChI is InChI=1S/C10H16O2/c1-3-4-5-6-9-8(2)7-10(11)12-9/h7,9H,3-6H2,1-2H3/t9-/m1/s1. The molecule has 1 heterocycles. The van der Waals surface area contributed by atoms with Gasteiger partial charge in [-0.25, -0.2) is 4.79 Å². The van der Waals surface area contributed by atoms with Crippen LogP contribution in [0.25, 0.3) is 0 Å². The Morgan fingerprint density at radius 2 is 2.25 bits per heavy atom. The molecule has 68 valence electrons. The van der Waals surface area contributed by atoms with Crippen molar-refractivity contribution in [2.75, 3.05) is 0 Å². The first kappa shape index (κ1) is 9.30. The molecule has 1 aliphatic heterocycles. The van der Waals surface area contributed by atoms with E-state index in [-0.39, 0.29) is 12.1 Å². The molecule has 0 saturated carbocycles. The first-order valence-electron chi connectivity index (χ1n) is 4.63. The molecule has 1 atom stereocenters. The van der Waals surface area contributed by atoms with Crippen molar-refractivity contribution in [3.05, 3.63) is 11.6 Å². The van der Waals surface area contributed by atoms with E-state index in [2.05, 4.69) is 6.92 Å². The van der Waals surface area contributed by atoms with Crippen molar-refractivity contribution in [1.29, 1.82) is 0 Å². The lowest BCUT2D eigenvalue weighted by atomic mass is 10.1. The highest BCUT2D eigenvalue weighted by atomic mass is 16.5. The average Bonchev–Trinajstić information content (AvgIpc) is 2.31. The molecule has 0 radical (unpaired) electrons. The summed E-state index contributed by atoms with van der Waals surface area (Å²) in [7, 11) is 0. The third kappa shape index (κ3) is 2.36. The van der Waals surface area contributed by atoms with Crippen molar-refractivity contribution in [3.63, 3.8) is 0 Å². The van der Waals surface area contributed by atoms with E-state index in [0.717, 1.165) is 18.4 Å². The zero-order valence-corrected chi connectivity index (χ0v) is 7.80. The lowest BCUT2D eigenvalue weighted by Gasteiger charge is -2.10. The molecule has 0 bridgehead atoms. The molecule has 1 aliphatic rings. The SMILES string of the molecule is CCCCC[C@H]1OC(=O)C=C1C. The number of hydrogen-bond acceptors (Lipinski definition) is 2. The zero-order valence-electron chi connectivity index (χ0n) is 7.80. The fourth-order valence-electron chi connectivity index (χ4n) is 1.41. The van der Waals surface area contributed by atoms with Gasteiger partial charge in [0.25, 0.3) is 0 Å². The van der Waals surface area contributed by atoms with Crippen LogP contribution >= 0.6 is 0 Å². The van der Waals surface area contributed by atoms with Crippen LogP contribution in [-0.4, -0.2) is 12.1 Å². The number of cyclic esters (lactones) is 1. The molecule has 0 fully saturated rings. The minimum absolute atomic E-state index is 0.0732. The number of carbonyl (C=O) groups is 1. The molecule has 0 amide bonds. The molecule has 0 unspecified atom stereocenters. The van der Waals surface area contributed by atoms with E-state index < -0.39 is 0 Å². The fraction of sp³-hybridized carbons (Fsp3) is 0.700. The zero-order chi connectivity index (χ0) is 8.97. The van der Waals surface area contributed by atoms with Gasteiger partial charge in [-0.2, -0.15) is 0 Å². The van der Waals surface area contributed by atoms with Gasteiger partial charge >= 0.3 is 5.97 Å². The number of esters is 1. The maximum absolute atomic E-state index is 10.8. The molecular formula is C10H16O2. The molecule has 0 aliphatic carbocycles. The van der Waals surface area contributed by atoms with Crippen molar-refractivity contribution >= 4 is 5.97 Å². The van der Waals surface area contributed by atoms with Gasteiger partial charge in [0.15, 0.2) is 0 Å². The van der Waals surface area contributed by atoms with Gasteiger partial charge in [-0.15, -0.1) is 0 Å². The Morgan fingerprint density at radius 3 is 2.75 bits per heavy atom. The van der Waals surface area contributed by atoms with Crippen LogP contribution in [0.15, 0.2) is 11.6 Å². The molecule has 0 aromatic rings. The van der Waals surface area contributed by atoms with Crippen LogP contribution in [0.5, 0.6) is 0 Å². The second-order valence-corrected chi connectivity index (χ2v) is 3.31. The minimum Gasteiger partial charge on any atom is -0.455 e. The second kappa shape index (κ2) is 4.29. The summed E-state index contributed by atoms with van der Waals surface area (Å²) in [6, 6.07) is 0. The summed E-state index contributed by atoms with van der Waals surface area (Å²) in [6.07, 6.45) is 6.24. The smallest absolute Gasteiger partial charge is 0.331 e. The van der Waals surface area contributed by atoms with Crippen LogP contribution in [0.3, 0.4) is 0 Å². The van der Waals surface area contributed by atoms with Crippen molar-refractivity contribution in [2.45, 2.75) is 45.6 Å². The molecule has 2 heteroatoms. The summed E-state index contributed by atoms with van der Waals surface area (Å²) in [4.78, 5) is 10.8. The molecule has 1 rings (SSSR count). The van der Waals surface area contributed by atoms with E-state index >= 15 is 0 Å². The Bertz CT molecular complexity index is 194. The largest absolute Gasteiger partial charge is 0.455 e. The van der Waals surface area contributed by atoms with Crippen LogP contribution in [0, 0.1) is 0 Å². The molecule has 0 aromatic heterocycles. The first-order chi connectivity index (χ1) is 5.74. The molecule has 2 nitrogen and oxygen atoms in total. The van der Waals surface area contributed by atoms with Crippen LogP contribution in [0.2, 0.25) is 0 Å². The molecule has 12 heavy (non-hydrogen) atoms. The Balaban J connectivity index is 2.26. The van der Waals surface area contributed by atoms with Crippen LogP contribution in [0.1, 0.15) is 39.5 Å². The van der Waals surface area contributed by atoms with Gasteiger partial charge in [0.05, 0.1) is 0 Å². The normalized spacial score (nSPS) is 22.3. The van der Waals surface area contributed by atoms with E-state index in [1.165, 1.54) is 12.8 Å². The van der Waals surface area contributed by atoms with E-state index in [4.69, 9.17) is 4.74 Å².